The van der Waals surface area contributed by atoms with Crippen molar-refractivity contribution < 1.29 is 13.2 Å². The Balaban J connectivity index is 1.51. The van der Waals surface area contributed by atoms with Crippen LogP contribution in [0.15, 0.2) is 101 Å². The fraction of sp³-hybridized carbons (Fsp3) is 0.172. The normalized spacial score (nSPS) is 11.8. The third kappa shape index (κ3) is 6.22. The van der Waals surface area contributed by atoms with Gasteiger partial charge in [0.2, 0.25) is 10.0 Å². The third-order valence-electron chi connectivity index (χ3n) is 6.06. The Morgan fingerprint density at radius 2 is 1.54 bits per heavy atom. The molecular formula is C29H30N4O3S. The molecule has 0 fully saturated rings. The molecule has 8 heteroatoms. The summed E-state index contributed by atoms with van der Waals surface area (Å²) >= 11 is 0. The number of carbonyl (C=O) groups is 1. The van der Waals surface area contributed by atoms with E-state index in [1.54, 1.807) is 30.5 Å². The molecule has 37 heavy (non-hydrogen) atoms. The number of sulfonamides is 1. The number of rotatable bonds is 9. The first-order valence-corrected chi connectivity index (χ1v) is 13.4. The van der Waals surface area contributed by atoms with Gasteiger partial charge in [-0.05, 0) is 56.7 Å². The van der Waals surface area contributed by atoms with Gasteiger partial charge in [-0.3, -0.25) is 4.79 Å². The smallest absolute Gasteiger partial charge is 0.255 e. The molecule has 0 saturated heterocycles. The number of benzene rings is 3. The first-order valence-electron chi connectivity index (χ1n) is 11.9. The van der Waals surface area contributed by atoms with E-state index < -0.39 is 15.9 Å². The lowest BCUT2D eigenvalue weighted by atomic mass is 10.2. The minimum Gasteiger partial charge on any atom is -0.318 e. The highest BCUT2D eigenvalue weighted by Gasteiger charge is 2.27. The van der Waals surface area contributed by atoms with E-state index in [-0.39, 0.29) is 18.0 Å². The molecule has 4 aromatic rings. The predicted molar refractivity (Wildman–Crippen MR) is 146 cm³/mol. The lowest BCUT2D eigenvalue weighted by Gasteiger charge is -2.21. The number of nitrogens with one attached hydrogen (secondary N) is 1. The van der Waals surface area contributed by atoms with Crippen LogP contribution in [0.4, 0.5) is 0 Å². The maximum absolute atomic E-state index is 13.4. The summed E-state index contributed by atoms with van der Waals surface area (Å²) in [5.41, 5.74) is 8.14. The van der Waals surface area contributed by atoms with Crippen molar-refractivity contribution >= 4 is 22.1 Å². The van der Waals surface area contributed by atoms with Crippen molar-refractivity contribution in [3.05, 3.63) is 119 Å². The molecule has 0 atom stereocenters. The number of aromatic nitrogens is 1. The minimum absolute atomic E-state index is 0.0619. The van der Waals surface area contributed by atoms with Crippen molar-refractivity contribution in [1.82, 2.24) is 14.3 Å². The number of hydrazone groups is 1. The Kier molecular flexibility index (Phi) is 8.01. The van der Waals surface area contributed by atoms with E-state index in [2.05, 4.69) is 15.1 Å². The van der Waals surface area contributed by atoms with Crippen LogP contribution in [0.3, 0.4) is 0 Å². The molecule has 1 amide bonds. The number of nitrogens with zero attached hydrogens (tertiary/aromatic N) is 3. The second-order valence-corrected chi connectivity index (χ2v) is 10.8. The van der Waals surface area contributed by atoms with Crippen molar-refractivity contribution in [3.63, 3.8) is 0 Å². The Morgan fingerprint density at radius 3 is 2.19 bits per heavy atom. The highest BCUT2D eigenvalue weighted by atomic mass is 32.2. The lowest BCUT2D eigenvalue weighted by molar-refractivity contribution is -0.121. The molecule has 3 aromatic carbocycles. The number of amides is 1. The molecule has 0 saturated carbocycles. The molecule has 0 unspecified atom stereocenters. The zero-order valence-corrected chi connectivity index (χ0v) is 21.9. The Bertz CT molecular complexity index is 1490. The van der Waals surface area contributed by atoms with Crippen LogP contribution in [0.5, 0.6) is 0 Å². The fourth-order valence-corrected chi connectivity index (χ4v) is 5.52. The molecule has 0 aliphatic heterocycles. The molecule has 0 aliphatic rings. The number of aryl methyl sites for hydroxylation is 2. The molecule has 4 rings (SSSR count). The van der Waals surface area contributed by atoms with E-state index in [0.717, 1.165) is 33.8 Å². The minimum atomic E-state index is -3.91. The van der Waals surface area contributed by atoms with Crippen LogP contribution in [0.25, 0.3) is 5.69 Å². The number of para-hydroxylation sites is 1. The monoisotopic (exact) mass is 514 g/mol. The van der Waals surface area contributed by atoms with Crippen LogP contribution in [0, 0.1) is 20.8 Å². The van der Waals surface area contributed by atoms with Gasteiger partial charge in [-0.25, -0.2) is 13.8 Å². The lowest BCUT2D eigenvalue weighted by Crippen LogP contribution is -2.39. The van der Waals surface area contributed by atoms with Gasteiger partial charge >= 0.3 is 0 Å². The van der Waals surface area contributed by atoms with Crippen molar-refractivity contribution in [3.8, 4) is 5.69 Å². The van der Waals surface area contributed by atoms with E-state index >= 15 is 0 Å². The van der Waals surface area contributed by atoms with E-state index in [1.807, 2.05) is 87.5 Å². The van der Waals surface area contributed by atoms with Gasteiger partial charge in [-0.15, -0.1) is 0 Å². The third-order valence-corrected chi connectivity index (χ3v) is 7.86. The van der Waals surface area contributed by atoms with Gasteiger partial charge < -0.3 is 4.57 Å². The van der Waals surface area contributed by atoms with Gasteiger partial charge in [-0.2, -0.15) is 9.41 Å². The Hall–Kier alpha value is -4.01. The molecule has 1 N–H and O–H groups in total. The topological polar surface area (TPSA) is 83.8 Å². The van der Waals surface area contributed by atoms with Gasteiger partial charge in [0, 0.05) is 29.2 Å². The standard InChI is InChI=1S/C29H30N4O3S/c1-22-14-16-28(17-15-22)37(35,36)32(20-25-10-6-4-7-11-25)21-29(34)31-30-19-26-18-23(2)33(24(26)3)27-12-8-5-9-13-27/h4-19H,20-21H2,1-3H3,(H,31,34)/b30-19-. The number of hydrogen-bond acceptors (Lipinski definition) is 4. The van der Waals surface area contributed by atoms with E-state index in [4.69, 9.17) is 0 Å². The second kappa shape index (κ2) is 11.4. The largest absolute Gasteiger partial charge is 0.318 e. The average Bonchev–Trinajstić information content (AvgIpc) is 3.17. The van der Waals surface area contributed by atoms with Gasteiger partial charge in [0.15, 0.2) is 0 Å². The summed E-state index contributed by atoms with van der Waals surface area (Å²) in [5.74, 6) is -0.528. The van der Waals surface area contributed by atoms with Crippen LogP contribution >= 0.6 is 0 Å². The van der Waals surface area contributed by atoms with Gasteiger partial charge in [0.05, 0.1) is 17.7 Å². The summed E-state index contributed by atoms with van der Waals surface area (Å²) in [6.45, 7) is 5.57. The van der Waals surface area contributed by atoms with Crippen LogP contribution in [-0.4, -0.2) is 36.0 Å². The highest BCUT2D eigenvalue weighted by molar-refractivity contribution is 7.89. The molecule has 0 bridgehead atoms. The van der Waals surface area contributed by atoms with Gasteiger partial charge in [0.1, 0.15) is 0 Å². The first-order chi connectivity index (χ1) is 17.8. The SMILES string of the molecule is Cc1ccc(S(=O)(=O)N(CC(=O)N/N=C\c2cc(C)n(-c3ccccc3)c2C)Cc2ccccc2)cc1. The zero-order chi connectivity index (χ0) is 26.4. The highest BCUT2D eigenvalue weighted by Crippen LogP contribution is 2.20. The van der Waals surface area contributed by atoms with E-state index in [0.29, 0.717) is 0 Å². The maximum Gasteiger partial charge on any atom is 0.255 e. The summed E-state index contributed by atoms with van der Waals surface area (Å²) in [4.78, 5) is 12.9. The van der Waals surface area contributed by atoms with Crippen LogP contribution in [0.1, 0.15) is 28.1 Å². The van der Waals surface area contributed by atoms with Gasteiger partial charge in [0.25, 0.3) is 5.91 Å². The average molecular weight is 515 g/mol. The van der Waals surface area contributed by atoms with Crippen molar-refractivity contribution in [2.75, 3.05) is 6.54 Å². The molecular weight excluding hydrogens is 484 g/mol. The molecule has 0 radical (unpaired) electrons. The second-order valence-electron chi connectivity index (χ2n) is 8.86. The summed E-state index contributed by atoms with van der Waals surface area (Å²) in [6, 6.07) is 27.8. The Morgan fingerprint density at radius 1 is 0.919 bits per heavy atom. The van der Waals surface area contributed by atoms with Crippen LogP contribution in [-0.2, 0) is 21.4 Å². The molecule has 190 valence electrons. The van der Waals surface area contributed by atoms with E-state index in [1.165, 1.54) is 4.31 Å². The zero-order valence-electron chi connectivity index (χ0n) is 21.1. The van der Waals surface area contributed by atoms with Crippen molar-refractivity contribution in [2.24, 2.45) is 5.10 Å². The van der Waals surface area contributed by atoms with Gasteiger partial charge in [-0.1, -0.05) is 66.2 Å². The van der Waals surface area contributed by atoms with Crippen LogP contribution in [0.2, 0.25) is 0 Å². The predicted octanol–water partition coefficient (Wildman–Crippen LogP) is 4.74. The number of hydrogen-bond donors (Lipinski definition) is 1. The molecule has 1 aromatic heterocycles. The first kappa shape index (κ1) is 26.1. The molecule has 1 heterocycles. The van der Waals surface area contributed by atoms with Crippen LogP contribution < -0.4 is 5.43 Å². The number of carbonyl (C=O) groups excluding carboxylic acids is 1. The summed E-state index contributed by atoms with van der Waals surface area (Å²) < 4.78 is 30.1. The summed E-state index contributed by atoms with van der Waals surface area (Å²) in [6.07, 6.45) is 1.58. The van der Waals surface area contributed by atoms with Crippen molar-refractivity contribution in [2.45, 2.75) is 32.2 Å². The molecule has 0 aliphatic carbocycles. The summed E-state index contributed by atoms with van der Waals surface area (Å²) in [5, 5.41) is 4.12. The fourth-order valence-electron chi connectivity index (χ4n) is 4.13. The Labute approximate surface area is 218 Å². The summed E-state index contributed by atoms with van der Waals surface area (Å²) in [7, 11) is -3.91. The maximum atomic E-state index is 13.4. The molecule has 0 spiro atoms. The van der Waals surface area contributed by atoms with Crippen molar-refractivity contribution in [1.29, 1.82) is 0 Å². The van der Waals surface area contributed by atoms with E-state index in [9.17, 15) is 13.2 Å². The quantitative estimate of drug-likeness (QED) is 0.259. The molecule has 7 nitrogen and oxygen atoms in total.